The molecule has 9 heavy (non-hydrogen) atoms. The van der Waals surface area contributed by atoms with E-state index in [4.69, 9.17) is 5.84 Å². The number of hydrazine groups is 1. The number of nitrogens with zero attached hydrogens (tertiary/aromatic N) is 1. The molecule has 0 aromatic heterocycles. The van der Waals surface area contributed by atoms with Crippen LogP contribution in [0.4, 0.5) is 0 Å². The second kappa shape index (κ2) is 2.14. The zero-order valence-corrected chi connectivity index (χ0v) is 4.91. The molecule has 0 saturated carbocycles. The van der Waals surface area contributed by atoms with Crippen LogP contribution in [0.5, 0.6) is 0 Å². The molecule has 0 spiro atoms. The van der Waals surface area contributed by atoms with E-state index in [9.17, 15) is 9.59 Å². The van der Waals surface area contributed by atoms with Gasteiger partial charge in [0.1, 0.15) is 12.3 Å². The Morgan fingerprint density at radius 2 is 2.44 bits per heavy atom. The smallest absolute Gasteiger partial charge is 0.237 e. The van der Waals surface area contributed by atoms with Crippen LogP contribution < -0.4 is 5.84 Å². The van der Waals surface area contributed by atoms with E-state index >= 15 is 0 Å². The van der Waals surface area contributed by atoms with E-state index in [1.54, 1.807) is 0 Å². The highest BCUT2D eigenvalue weighted by molar-refractivity contribution is 5.82. The van der Waals surface area contributed by atoms with Crippen LogP contribution in [0.3, 0.4) is 0 Å². The highest BCUT2D eigenvalue weighted by Gasteiger charge is 2.27. The molecule has 4 nitrogen and oxygen atoms in total. The number of nitrogens with two attached hydrogens (primary N) is 1. The summed E-state index contributed by atoms with van der Waals surface area (Å²) in [7, 11) is 0. The van der Waals surface area contributed by atoms with Gasteiger partial charge in [-0.1, -0.05) is 0 Å². The number of carbonyl (C=O) groups excluding carboxylic acids is 2. The monoisotopic (exact) mass is 128 g/mol. The summed E-state index contributed by atoms with van der Waals surface area (Å²) in [4.78, 5) is 20.7. The molecule has 0 aliphatic carbocycles. The lowest BCUT2D eigenvalue weighted by atomic mass is 10.2. The summed E-state index contributed by atoms with van der Waals surface area (Å²) in [6, 6.07) is -0.377. The van der Waals surface area contributed by atoms with Gasteiger partial charge < -0.3 is 4.79 Å². The minimum absolute atomic E-state index is 0.146. The number of rotatable bonds is 1. The maximum atomic E-state index is 10.6. The zero-order valence-electron chi connectivity index (χ0n) is 4.91. The molecular formula is C5H8N2O2. The Balaban J connectivity index is 2.61. The molecule has 1 amide bonds. The van der Waals surface area contributed by atoms with Crippen molar-refractivity contribution in [3.63, 3.8) is 0 Å². The maximum Gasteiger partial charge on any atom is 0.237 e. The van der Waals surface area contributed by atoms with Crippen molar-refractivity contribution in [3.05, 3.63) is 0 Å². The van der Waals surface area contributed by atoms with Crippen LogP contribution in [0, 0.1) is 0 Å². The summed E-state index contributed by atoms with van der Waals surface area (Å²) in [5.74, 6) is 5.04. The van der Waals surface area contributed by atoms with Gasteiger partial charge in [-0.25, -0.2) is 5.84 Å². The largest absolute Gasteiger partial charge is 0.301 e. The van der Waals surface area contributed by atoms with Crippen molar-refractivity contribution in [2.75, 3.05) is 0 Å². The molecule has 2 N–H and O–H groups in total. The van der Waals surface area contributed by atoms with Crippen LogP contribution in [0.15, 0.2) is 0 Å². The zero-order chi connectivity index (χ0) is 6.85. The standard InChI is InChI=1S/C5H8N2O2/c6-7-4(3-8)1-2-5(7)9/h3-4H,1-2,6H2/t4-/m0/s1. The van der Waals surface area contributed by atoms with Gasteiger partial charge in [0, 0.05) is 6.42 Å². The maximum absolute atomic E-state index is 10.6. The molecule has 0 bridgehead atoms. The summed E-state index contributed by atoms with van der Waals surface area (Å²) in [6.45, 7) is 0. The number of carbonyl (C=O) groups is 2. The van der Waals surface area contributed by atoms with Crippen LogP contribution in [0.25, 0.3) is 0 Å². The minimum atomic E-state index is -0.377. The van der Waals surface area contributed by atoms with Crippen molar-refractivity contribution in [1.29, 1.82) is 0 Å². The van der Waals surface area contributed by atoms with E-state index < -0.39 is 0 Å². The van der Waals surface area contributed by atoms with Gasteiger partial charge >= 0.3 is 0 Å². The van der Waals surface area contributed by atoms with E-state index in [0.29, 0.717) is 19.1 Å². The van der Waals surface area contributed by atoms with Gasteiger partial charge in [0.25, 0.3) is 0 Å². The predicted molar refractivity (Wildman–Crippen MR) is 30.1 cm³/mol. The molecule has 50 valence electrons. The fourth-order valence-corrected chi connectivity index (χ4v) is 0.858. The third-order valence-electron chi connectivity index (χ3n) is 1.46. The van der Waals surface area contributed by atoms with Crippen LogP contribution in [-0.4, -0.2) is 23.2 Å². The van der Waals surface area contributed by atoms with Crippen LogP contribution in [0.1, 0.15) is 12.8 Å². The average molecular weight is 128 g/mol. The summed E-state index contributed by atoms with van der Waals surface area (Å²) < 4.78 is 0. The Labute approximate surface area is 52.6 Å². The van der Waals surface area contributed by atoms with Crippen molar-refractivity contribution in [1.82, 2.24) is 5.01 Å². The quantitative estimate of drug-likeness (QED) is 0.281. The van der Waals surface area contributed by atoms with Gasteiger partial charge in [0.2, 0.25) is 5.91 Å². The van der Waals surface area contributed by atoms with Crippen molar-refractivity contribution < 1.29 is 9.59 Å². The van der Waals surface area contributed by atoms with E-state index in [0.717, 1.165) is 5.01 Å². The van der Waals surface area contributed by atoms with Crippen molar-refractivity contribution in [2.45, 2.75) is 18.9 Å². The lowest BCUT2D eigenvalue weighted by molar-refractivity contribution is -0.131. The normalized spacial score (nSPS) is 27.0. The van der Waals surface area contributed by atoms with E-state index in [1.165, 1.54) is 0 Å². The molecule has 4 heteroatoms. The lowest BCUT2D eigenvalue weighted by Gasteiger charge is -2.11. The Morgan fingerprint density at radius 1 is 1.78 bits per heavy atom. The lowest BCUT2D eigenvalue weighted by Crippen LogP contribution is -2.39. The molecule has 0 aromatic carbocycles. The first kappa shape index (κ1) is 6.22. The molecule has 1 atom stereocenters. The third-order valence-corrected chi connectivity index (χ3v) is 1.46. The van der Waals surface area contributed by atoms with E-state index in [-0.39, 0.29) is 11.9 Å². The van der Waals surface area contributed by atoms with Crippen LogP contribution >= 0.6 is 0 Å². The molecular weight excluding hydrogens is 120 g/mol. The molecule has 1 saturated heterocycles. The fourth-order valence-electron chi connectivity index (χ4n) is 0.858. The van der Waals surface area contributed by atoms with Crippen molar-refractivity contribution in [2.24, 2.45) is 5.84 Å². The number of hydrogen-bond acceptors (Lipinski definition) is 3. The highest BCUT2D eigenvalue weighted by Crippen LogP contribution is 2.11. The minimum Gasteiger partial charge on any atom is -0.301 e. The Hall–Kier alpha value is -0.900. The summed E-state index contributed by atoms with van der Waals surface area (Å²) in [6.07, 6.45) is 1.67. The fraction of sp³-hybridized carbons (Fsp3) is 0.600. The summed E-state index contributed by atoms with van der Waals surface area (Å²) >= 11 is 0. The molecule has 1 heterocycles. The van der Waals surface area contributed by atoms with Gasteiger partial charge in [-0.2, -0.15) is 0 Å². The van der Waals surface area contributed by atoms with E-state index in [1.807, 2.05) is 0 Å². The summed E-state index contributed by atoms with van der Waals surface area (Å²) in [5.41, 5.74) is 0. The predicted octanol–water partition coefficient (Wildman–Crippen LogP) is -0.950. The average Bonchev–Trinajstić information content (AvgIpc) is 2.15. The van der Waals surface area contributed by atoms with Crippen LogP contribution in [-0.2, 0) is 9.59 Å². The first-order valence-electron chi connectivity index (χ1n) is 2.77. The number of amides is 1. The Bertz CT molecular complexity index is 146. The first-order valence-corrected chi connectivity index (χ1v) is 2.77. The molecule has 0 unspecified atom stereocenters. The molecule has 0 radical (unpaired) electrons. The van der Waals surface area contributed by atoms with Gasteiger partial charge in [-0.05, 0) is 6.42 Å². The highest BCUT2D eigenvalue weighted by atomic mass is 16.2. The summed E-state index contributed by atoms with van der Waals surface area (Å²) in [5, 5.41) is 0.993. The van der Waals surface area contributed by atoms with Gasteiger partial charge in [-0.3, -0.25) is 9.80 Å². The molecule has 1 rings (SSSR count). The van der Waals surface area contributed by atoms with Crippen molar-refractivity contribution >= 4 is 12.2 Å². The Kier molecular flexibility index (Phi) is 1.48. The van der Waals surface area contributed by atoms with Crippen molar-refractivity contribution in [3.8, 4) is 0 Å². The molecule has 1 aliphatic heterocycles. The third kappa shape index (κ3) is 0.929. The second-order valence-corrected chi connectivity index (χ2v) is 2.04. The van der Waals surface area contributed by atoms with Crippen LogP contribution in [0.2, 0.25) is 0 Å². The van der Waals surface area contributed by atoms with Gasteiger partial charge in [-0.15, -0.1) is 0 Å². The molecule has 0 aromatic rings. The first-order chi connectivity index (χ1) is 4.25. The van der Waals surface area contributed by atoms with E-state index in [2.05, 4.69) is 0 Å². The van der Waals surface area contributed by atoms with Gasteiger partial charge in [0.05, 0.1) is 0 Å². The van der Waals surface area contributed by atoms with Gasteiger partial charge in [0.15, 0.2) is 0 Å². The SMILES string of the molecule is NN1C(=O)CC[C@H]1C=O. The molecule has 1 fully saturated rings. The molecule has 1 aliphatic rings. The second-order valence-electron chi connectivity index (χ2n) is 2.04. The number of aldehydes is 1. The Morgan fingerprint density at radius 3 is 2.67 bits per heavy atom. The topological polar surface area (TPSA) is 63.4 Å². The number of hydrogen-bond donors (Lipinski definition) is 1.